The zero-order chi connectivity index (χ0) is 21.9. The van der Waals surface area contributed by atoms with E-state index in [0.717, 1.165) is 6.08 Å². The van der Waals surface area contributed by atoms with Crippen molar-refractivity contribution in [3.63, 3.8) is 0 Å². The molecule has 1 aliphatic rings. The van der Waals surface area contributed by atoms with Crippen LogP contribution in [0.25, 0.3) is 0 Å². The first-order valence-corrected chi connectivity index (χ1v) is 8.96. The molecule has 4 N–H and O–H groups in total. The molecule has 0 spiro atoms. The van der Waals surface area contributed by atoms with Gasteiger partial charge < -0.3 is 21.3 Å². The Hall–Kier alpha value is -3.63. The van der Waals surface area contributed by atoms with E-state index in [0.29, 0.717) is 37.0 Å². The lowest BCUT2D eigenvalue weighted by Gasteiger charge is -2.18. The highest BCUT2D eigenvalue weighted by molar-refractivity contribution is 5.99. The standard InChI is InChI=1S/C19H19F3N6O2/c1-2-15(29)25-12-5-3-11(4-6-12)17(30)28-8-7-13(10-28)26-18-24-9-14(16(23)27-18)19(20,21)22/h2-6,9,13H,1,7-8,10H2,(H,25,29)(H3,23,24,26,27)/t13-/m0/s1. The number of carbonyl (C=O) groups is 2. The zero-order valence-corrected chi connectivity index (χ0v) is 15.7. The predicted molar refractivity (Wildman–Crippen MR) is 105 cm³/mol. The van der Waals surface area contributed by atoms with Crippen LogP contribution >= 0.6 is 0 Å². The lowest BCUT2D eigenvalue weighted by Crippen LogP contribution is -2.32. The molecule has 0 bridgehead atoms. The molecule has 1 atom stereocenters. The van der Waals surface area contributed by atoms with Crippen molar-refractivity contribution in [1.29, 1.82) is 0 Å². The third-order valence-electron chi connectivity index (χ3n) is 4.52. The molecule has 2 aromatic rings. The lowest BCUT2D eigenvalue weighted by atomic mass is 10.2. The molecule has 0 saturated carbocycles. The van der Waals surface area contributed by atoms with E-state index < -0.39 is 17.6 Å². The normalized spacial score (nSPS) is 16.2. The number of alkyl halides is 3. The molecule has 3 rings (SSSR count). The number of nitrogens with two attached hydrogens (primary N) is 1. The summed E-state index contributed by atoms with van der Waals surface area (Å²) in [5, 5.41) is 5.51. The van der Waals surface area contributed by atoms with Crippen LogP contribution in [0.15, 0.2) is 43.1 Å². The number of aromatic nitrogens is 2. The van der Waals surface area contributed by atoms with Gasteiger partial charge in [0.15, 0.2) is 0 Å². The van der Waals surface area contributed by atoms with Gasteiger partial charge in [-0.3, -0.25) is 9.59 Å². The van der Waals surface area contributed by atoms with E-state index in [1.165, 1.54) is 0 Å². The Labute approximate surface area is 170 Å². The molecule has 8 nitrogen and oxygen atoms in total. The second kappa shape index (κ2) is 8.39. The Balaban J connectivity index is 1.60. The van der Waals surface area contributed by atoms with Gasteiger partial charge in [0.2, 0.25) is 11.9 Å². The van der Waals surface area contributed by atoms with Crippen LogP contribution in [0.4, 0.5) is 30.6 Å². The average molecular weight is 420 g/mol. The number of anilines is 3. The molecular formula is C19H19F3N6O2. The molecule has 0 unspecified atom stereocenters. The van der Waals surface area contributed by atoms with Crippen molar-refractivity contribution in [2.75, 3.05) is 29.5 Å². The van der Waals surface area contributed by atoms with Gasteiger partial charge in [-0.2, -0.15) is 18.2 Å². The van der Waals surface area contributed by atoms with Gasteiger partial charge >= 0.3 is 6.18 Å². The summed E-state index contributed by atoms with van der Waals surface area (Å²) >= 11 is 0. The van der Waals surface area contributed by atoms with Crippen molar-refractivity contribution in [2.24, 2.45) is 0 Å². The van der Waals surface area contributed by atoms with Gasteiger partial charge in [0.25, 0.3) is 5.91 Å². The minimum Gasteiger partial charge on any atom is -0.383 e. The van der Waals surface area contributed by atoms with Crippen molar-refractivity contribution in [1.82, 2.24) is 14.9 Å². The zero-order valence-electron chi connectivity index (χ0n) is 15.7. The van der Waals surface area contributed by atoms with Gasteiger partial charge in [-0.05, 0) is 36.8 Å². The van der Waals surface area contributed by atoms with E-state index in [1.807, 2.05) is 0 Å². The van der Waals surface area contributed by atoms with Crippen LogP contribution in [-0.4, -0.2) is 45.8 Å². The molecule has 158 valence electrons. The van der Waals surface area contributed by atoms with Gasteiger partial charge in [0, 0.05) is 36.6 Å². The molecule has 1 aromatic heterocycles. The lowest BCUT2D eigenvalue weighted by molar-refractivity contribution is -0.137. The molecule has 30 heavy (non-hydrogen) atoms. The molecule has 11 heteroatoms. The smallest absolute Gasteiger partial charge is 0.383 e. The second-order valence-electron chi connectivity index (χ2n) is 6.64. The Morgan fingerprint density at radius 3 is 2.57 bits per heavy atom. The van der Waals surface area contributed by atoms with Crippen LogP contribution in [0.5, 0.6) is 0 Å². The Morgan fingerprint density at radius 1 is 1.27 bits per heavy atom. The minimum atomic E-state index is -4.62. The SMILES string of the molecule is C=CC(=O)Nc1ccc(C(=O)N2CC[C@H](Nc3ncc(C(F)(F)F)c(N)n3)C2)cc1. The Bertz CT molecular complexity index is 962. The first kappa shape index (κ1) is 21.1. The van der Waals surface area contributed by atoms with E-state index >= 15 is 0 Å². The Morgan fingerprint density at radius 2 is 1.97 bits per heavy atom. The van der Waals surface area contributed by atoms with E-state index in [-0.39, 0.29) is 23.8 Å². The first-order chi connectivity index (χ1) is 14.2. The van der Waals surface area contributed by atoms with Crippen molar-refractivity contribution in [2.45, 2.75) is 18.6 Å². The van der Waals surface area contributed by atoms with Crippen LogP contribution in [-0.2, 0) is 11.0 Å². The molecule has 1 aliphatic heterocycles. The third kappa shape index (κ3) is 4.85. The number of amides is 2. The third-order valence-corrected chi connectivity index (χ3v) is 4.52. The highest BCUT2D eigenvalue weighted by Crippen LogP contribution is 2.32. The fourth-order valence-electron chi connectivity index (χ4n) is 3.00. The summed E-state index contributed by atoms with van der Waals surface area (Å²) in [6.07, 6.45) is -2.27. The molecule has 1 saturated heterocycles. The van der Waals surface area contributed by atoms with Crippen molar-refractivity contribution < 1.29 is 22.8 Å². The summed E-state index contributed by atoms with van der Waals surface area (Å²) in [7, 11) is 0. The number of halogens is 3. The van der Waals surface area contributed by atoms with E-state index in [1.54, 1.807) is 29.2 Å². The minimum absolute atomic E-state index is 0.0258. The second-order valence-corrected chi connectivity index (χ2v) is 6.64. The van der Waals surface area contributed by atoms with Gasteiger partial charge in [-0.25, -0.2) is 4.98 Å². The van der Waals surface area contributed by atoms with Crippen LogP contribution in [0.1, 0.15) is 22.3 Å². The number of rotatable bonds is 5. The number of nitrogen functional groups attached to an aromatic ring is 1. The van der Waals surface area contributed by atoms with Gasteiger partial charge in [-0.1, -0.05) is 6.58 Å². The van der Waals surface area contributed by atoms with Gasteiger partial charge in [-0.15, -0.1) is 0 Å². The highest BCUT2D eigenvalue weighted by Gasteiger charge is 2.35. The summed E-state index contributed by atoms with van der Waals surface area (Å²) < 4.78 is 38.2. The number of hydrogen-bond donors (Lipinski definition) is 3. The molecule has 1 fully saturated rings. The fourth-order valence-corrected chi connectivity index (χ4v) is 3.00. The van der Waals surface area contributed by atoms with Crippen LogP contribution in [0, 0.1) is 0 Å². The first-order valence-electron chi connectivity index (χ1n) is 8.96. The molecule has 0 aliphatic carbocycles. The maximum absolute atomic E-state index is 12.7. The summed E-state index contributed by atoms with van der Waals surface area (Å²) in [6, 6.07) is 6.19. The topological polar surface area (TPSA) is 113 Å². The van der Waals surface area contributed by atoms with Crippen molar-refractivity contribution in [3.05, 3.63) is 54.2 Å². The molecule has 0 radical (unpaired) electrons. The maximum atomic E-state index is 12.7. The summed E-state index contributed by atoms with van der Waals surface area (Å²) in [6.45, 7) is 4.16. The predicted octanol–water partition coefficient (Wildman–Crippen LogP) is 2.53. The number of nitrogens with zero attached hydrogens (tertiary/aromatic N) is 3. The van der Waals surface area contributed by atoms with Crippen LogP contribution < -0.4 is 16.4 Å². The van der Waals surface area contributed by atoms with Crippen molar-refractivity contribution in [3.8, 4) is 0 Å². The summed E-state index contributed by atoms with van der Waals surface area (Å²) in [4.78, 5) is 32.9. The average Bonchev–Trinajstić information content (AvgIpc) is 3.15. The van der Waals surface area contributed by atoms with E-state index in [9.17, 15) is 22.8 Å². The highest BCUT2D eigenvalue weighted by atomic mass is 19.4. The number of likely N-dealkylation sites (tertiary alicyclic amines) is 1. The summed E-state index contributed by atoms with van der Waals surface area (Å²) in [5.74, 6) is -1.24. The number of hydrogen-bond acceptors (Lipinski definition) is 6. The van der Waals surface area contributed by atoms with E-state index in [2.05, 4.69) is 27.2 Å². The fraction of sp³-hybridized carbons (Fsp3) is 0.263. The molecule has 1 aromatic carbocycles. The number of benzene rings is 1. The quantitative estimate of drug-likeness (QED) is 0.641. The molecular weight excluding hydrogens is 401 g/mol. The monoisotopic (exact) mass is 420 g/mol. The van der Waals surface area contributed by atoms with E-state index in [4.69, 9.17) is 5.73 Å². The maximum Gasteiger partial charge on any atom is 0.421 e. The Kier molecular flexibility index (Phi) is 5.90. The summed E-state index contributed by atoms with van der Waals surface area (Å²) in [5.41, 5.74) is 5.27. The van der Waals surface area contributed by atoms with Gasteiger partial charge in [0.1, 0.15) is 11.4 Å². The molecule has 2 heterocycles. The van der Waals surface area contributed by atoms with Crippen molar-refractivity contribution >= 4 is 29.3 Å². The van der Waals surface area contributed by atoms with Crippen LogP contribution in [0.3, 0.4) is 0 Å². The largest absolute Gasteiger partial charge is 0.421 e. The number of carbonyl (C=O) groups excluding carboxylic acids is 2. The number of nitrogens with one attached hydrogen (secondary N) is 2. The van der Waals surface area contributed by atoms with Crippen LogP contribution in [0.2, 0.25) is 0 Å². The van der Waals surface area contributed by atoms with Gasteiger partial charge in [0.05, 0.1) is 0 Å². The molecule has 2 amide bonds.